The monoisotopic (exact) mass is 268 g/mol. The number of halogens is 1. The molecule has 0 radical (unpaired) electrons. The minimum atomic E-state index is 0.509. The van der Waals surface area contributed by atoms with Gasteiger partial charge in [0.15, 0.2) is 0 Å². The highest BCUT2D eigenvalue weighted by molar-refractivity contribution is 9.10. The Hall–Kier alpha value is -0.700. The van der Waals surface area contributed by atoms with Crippen molar-refractivity contribution in [3.05, 3.63) is 22.7 Å². The summed E-state index contributed by atoms with van der Waals surface area (Å²) in [6.45, 7) is 7.76. The van der Waals surface area contributed by atoms with Gasteiger partial charge in [0.1, 0.15) is 0 Å². The Morgan fingerprint density at radius 1 is 1.47 bits per heavy atom. The average molecular weight is 269 g/mol. The second kappa shape index (κ2) is 4.05. The highest BCUT2D eigenvalue weighted by Crippen LogP contribution is 2.38. The van der Waals surface area contributed by atoms with E-state index in [1.807, 2.05) is 0 Å². The number of hydrogen-bond donors (Lipinski definition) is 1. The van der Waals surface area contributed by atoms with Crippen LogP contribution in [0.4, 0.5) is 11.4 Å². The lowest BCUT2D eigenvalue weighted by Gasteiger charge is -2.39. The summed E-state index contributed by atoms with van der Waals surface area (Å²) in [5.41, 5.74) is 2.53. The van der Waals surface area contributed by atoms with Crippen LogP contribution in [0.5, 0.6) is 0 Å². The van der Waals surface area contributed by atoms with Gasteiger partial charge in [-0.3, -0.25) is 0 Å². The SMILES string of the molecule is CC1CN(C(C)C)c2c(Br)cccc2N1. The average Bonchev–Trinajstić information content (AvgIpc) is 2.16. The van der Waals surface area contributed by atoms with Gasteiger partial charge in [-0.1, -0.05) is 6.07 Å². The molecule has 82 valence electrons. The van der Waals surface area contributed by atoms with E-state index in [4.69, 9.17) is 0 Å². The lowest BCUT2D eigenvalue weighted by Crippen LogP contribution is -2.43. The van der Waals surface area contributed by atoms with E-state index in [0.717, 1.165) is 6.54 Å². The van der Waals surface area contributed by atoms with Crippen molar-refractivity contribution >= 4 is 27.3 Å². The summed E-state index contributed by atoms with van der Waals surface area (Å²) in [5, 5.41) is 3.51. The van der Waals surface area contributed by atoms with E-state index in [1.54, 1.807) is 0 Å². The summed E-state index contributed by atoms with van der Waals surface area (Å²) in [5.74, 6) is 0. The molecule has 1 aliphatic heterocycles. The fourth-order valence-corrected chi connectivity index (χ4v) is 2.68. The molecule has 0 amide bonds. The molecule has 0 saturated heterocycles. The van der Waals surface area contributed by atoms with Crippen molar-refractivity contribution in [3.8, 4) is 0 Å². The quantitative estimate of drug-likeness (QED) is 0.839. The molecule has 2 rings (SSSR count). The van der Waals surface area contributed by atoms with Crippen molar-refractivity contribution in [2.75, 3.05) is 16.8 Å². The summed E-state index contributed by atoms with van der Waals surface area (Å²) in [6.07, 6.45) is 0. The zero-order chi connectivity index (χ0) is 11.0. The van der Waals surface area contributed by atoms with Crippen LogP contribution in [-0.2, 0) is 0 Å². The van der Waals surface area contributed by atoms with E-state index in [9.17, 15) is 0 Å². The topological polar surface area (TPSA) is 15.3 Å². The molecule has 1 aliphatic rings. The van der Waals surface area contributed by atoms with Crippen molar-refractivity contribution in [1.29, 1.82) is 0 Å². The largest absolute Gasteiger partial charge is 0.379 e. The van der Waals surface area contributed by atoms with E-state index < -0.39 is 0 Å². The summed E-state index contributed by atoms with van der Waals surface area (Å²) < 4.78 is 1.17. The van der Waals surface area contributed by atoms with Crippen LogP contribution >= 0.6 is 15.9 Å². The van der Waals surface area contributed by atoms with Gasteiger partial charge in [-0.15, -0.1) is 0 Å². The third kappa shape index (κ3) is 1.98. The molecule has 1 aromatic carbocycles. The minimum absolute atomic E-state index is 0.509. The second-order valence-corrected chi connectivity index (χ2v) is 5.28. The zero-order valence-corrected chi connectivity index (χ0v) is 11.0. The standard InChI is InChI=1S/C12H17BrN2/c1-8(2)15-7-9(3)14-11-6-4-5-10(13)12(11)15/h4-6,8-9,14H,7H2,1-3H3. The molecule has 1 heterocycles. The Labute approximate surface area is 99.8 Å². The molecule has 0 aromatic heterocycles. The molecular weight excluding hydrogens is 252 g/mol. The second-order valence-electron chi connectivity index (χ2n) is 4.43. The van der Waals surface area contributed by atoms with Gasteiger partial charge >= 0.3 is 0 Å². The van der Waals surface area contributed by atoms with Gasteiger partial charge in [-0.25, -0.2) is 0 Å². The molecule has 15 heavy (non-hydrogen) atoms. The van der Waals surface area contributed by atoms with Crippen molar-refractivity contribution < 1.29 is 0 Å². The van der Waals surface area contributed by atoms with Crippen molar-refractivity contribution in [2.24, 2.45) is 0 Å². The number of nitrogens with one attached hydrogen (secondary N) is 1. The molecular formula is C12H17BrN2. The van der Waals surface area contributed by atoms with Gasteiger partial charge in [0.25, 0.3) is 0 Å². The molecule has 1 aromatic rings. The van der Waals surface area contributed by atoms with Crippen LogP contribution in [0, 0.1) is 0 Å². The first-order valence-electron chi connectivity index (χ1n) is 5.41. The fraction of sp³-hybridized carbons (Fsp3) is 0.500. The maximum Gasteiger partial charge on any atom is 0.0749 e. The van der Waals surface area contributed by atoms with Crippen LogP contribution in [0.25, 0.3) is 0 Å². The van der Waals surface area contributed by atoms with Gasteiger partial charge in [0.05, 0.1) is 11.4 Å². The molecule has 1 unspecified atom stereocenters. The van der Waals surface area contributed by atoms with Crippen molar-refractivity contribution in [3.63, 3.8) is 0 Å². The maximum atomic E-state index is 3.63. The molecule has 1 atom stereocenters. The lowest BCUT2D eigenvalue weighted by atomic mass is 10.1. The first kappa shape index (κ1) is 10.8. The smallest absolute Gasteiger partial charge is 0.0749 e. The summed E-state index contributed by atoms with van der Waals surface area (Å²) >= 11 is 3.63. The van der Waals surface area contributed by atoms with Gasteiger partial charge in [0.2, 0.25) is 0 Å². The molecule has 0 saturated carbocycles. The summed E-state index contributed by atoms with van der Waals surface area (Å²) in [6, 6.07) is 7.37. The van der Waals surface area contributed by atoms with Crippen LogP contribution in [0.3, 0.4) is 0 Å². The summed E-state index contributed by atoms with van der Waals surface area (Å²) in [7, 11) is 0. The Balaban J connectivity index is 2.48. The molecule has 0 fully saturated rings. The van der Waals surface area contributed by atoms with E-state index in [-0.39, 0.29) is 0 Å². The molecule has 0 bridgehead atoms. The van der Waals surface area contributed by atoms with Crippen LogP contribution in [0.15, 0.2) is 22.7 Å². The van der Waals surface area contributed by atoms with Crippen LogP contribution in [-0.4, -0.2) is 18.6 Å². The first-order chi connectivity index (χ1) is 7.09. The van der Waals surface area contributed by atoms with Gasteiger partial charge in [0, 0.05) is 23.1 Å². The summed E-state index contributed by atoms with van der Waals surface area (Å²) in [4.78, 5) is 2.45. The van der Waals surface area contributed by atoms with Crippen molar-refractivity contribution in [2.45, 2.75) is 32.9 Å². The maximum absolute atomic E-state index is 3.63. The van der Waals surface area contributed by atoms with Crippen LogP contribution in [0.1, 0.15) is 20.8 Å². The van der Waals surface area contributed by atoms with Crippen molar-refractivity contribution in [1.82, 2.24) is 0 Å². The van der Waals surface area contributed by atoms with E-state index in [0.29, 0.717) is 12.1 Å². The highest BCUT2D eigenvalue weighted by Gasteiger charge is 2.24. The number of hydrogen-bond acceptors (Lipinski definition) is 2. The number of benzene rings is 1. The highest BCUT2D eigenvalue weighted by atomic mass is 79.9. The molecule has 0 aliphatic carbocycles. The number of para-hydroxylation sites is 1. The normalized spacial score (nSPS) is 20.1. The number of nitrogens with zero attached hydrogens (tertiary/aromatic N) is 1. The Kier molecular flexibility index (Phi) is 2.91. The first-order valence-corrected chi connectivity index (χ1v) is 6.20. The predicted molar refractivity (Wildman–Crippen MR) is 69.7 cm³/mol. The lowest BCUT2D eigenvalue weighted by molar-refractivity contribution is 0.623. The van der Waals surface area contributed by atoms with Crippen LogP contribution in [0.2, 0.25) is 0 Å². The van der Waals surface area contributed by atoms with E-state index in [2.05, 4.69) is 65.1 Å². The Morgan fingerprint density at radius 2 is 2.20 bits per heavy atom. The predicted octanol–water partition coefficient (Wildman–Crippen LogP) is 3.48. The Morgan fingerprint density at radius 3 is 2.87 bits per heavy atom. The number of rotatable bonds is 1. The third-order valence-corrected chi connectivity index (χ3v) is 3.41. The van der Waals surface area contributed by atoms with Gasteiger partial charge in [-0.2, -0.15) is 0 Å². The molecule has 1 N–H and O–H groups in total. The number of anilines is 2. The minimum Gasteiger partial charge on any atom is -0.379 e. The molecule has 2 nitrogen and oxygen atoms in total. The van der Waals surface area contributed by atoms with E-state index in [1.165, 1.54) is 15.8 Å². The fourth-order valence-electron chi connectivity index (χ4n) is 2.09. The van der Waals surface area contributed by atoms with Gasteiger partial charge in [-0.05, 0) is 48.8 Å². The van der Waals surface area contributed by atoms with E-state index >= 15 is 0 Å². The third-order valence-electron chi connectivity index (χ3n) is 2.77. The Bertz CT molecular complexity index is 363. The number of fused-ring (bicyclic) bond motifs is 1. The molecule has 3 heteroatoms. The zero-order valence-electron chi connectivity index (χ0n) is 9.42. The molecule has 0 spiro atoms. The van der Waals surface area contributed by atoms with Gasteiger partial charge < -0.3 is 10.2 Å². The van der Waals surface area contributed by atoms with Crippen LogP contribution < -0.4 is 10.2 Å².